The number of aromatic hydroxyl groups is 1. The largest absolute Gasteiger partial charge is 0.507 e. The highest BCUT2D eigenvalue weighted by Crippen LogP contribution is 2.50. The summed E-state index contributed by atoms with van der Waals surface area (Å²) >= 11 is 0. The molecular weight excluding hydrogens is 845 g/mol. The number of phenolic OH excluding ortho intramolecular Hbond substituents is 1. The topological polar surface area (TPSA) is 202 Å². The number of ether oxygens (including phenoxy) is 9. The van der Waals surface area contributed by atoms with E-state index in [4.69, 9.17) is 47.0 Å². The van der Waals surface area contributed by atoms with E-state index < -0.39 is 78.2 Å². The lowest BCUT2D eigenvalue weighted by Gasteiger charge is -2.43. The molecule has 8 rings (SSSR count). The average molecular weight is 887 g/mol. The summed E-state index contributed by atoms with van der Waals surface area (Å²) in [4.78, 5) is 63.5. The van der Waals surface area contributed by atoms with Crippen LogP contribution in [0.5, 0.6) is 28.7 Å². The Labute approximate surface area is 371 Å². The van der Waals surface area contributed by atoms with Crippen LogP contribution >= 0.6 is 0 Å². The average Bonchev–Trinajstić information content (AvgIpc) is 3.68. The zero-order valence-corrected chi connectivity index (χ0v) is 35.4. The van der Waals surface area contributed by atoms with Crippen molar-refractivity contribution in [3.8, 4) is 40.1 Å². The number of rotatable bonds is 13. The van der Waals surface area contributed by atoms with Gasteiger partial charge in [-0.1, -0.05) is 91.0 Å². The Morgan fingerprint density at radius 3 is 1.86 bits per heavy atom. The van der Waals surface area contributed by atoms with E-state index in [2.05, 4.69) is 0 Å². The van der Waals surface area contributed by atoms with Crippen LogP contribution in [0, 0.1) is 0 Å². The molecule has 1 N–H and O–H groups in total. The van der Waals surface area contributed by atoms with E-state index >= 15 is 0 Å². The van der Waals surface area contributed by atoms with Crippen molar-refractivity contribution in [2.24, 2.45) is 0 Å². The Balaban J connectivity index is 1.22. The Morgan fingerprint density at radius 1 is 0.662 bits per heavy atom. The number of carbonyl (C=O) groups excluding carboxylic acids is 4. The monoisotopic (exact) mass is 886 g/mol. The highest BCUT2D eigenvalue weighted by atomic mass is 16.7. The van der Waals surface area contributed by atoms with E-state index in [1.807, 2.05) is 91.0 Å². The zero-order chi connectivity index (χ0) is 45.8. The van der Waals surface area contributed by atoms with Gasteiger partial charge in [0.1, 0.15) is 41.8 Å². The van der Waals surface area contributed by atoms with Gasteiger partial charge in [0.2, 0.25) is 23.6 Å². The van der Waals surface area contributed by atoms with Gasteiger partial charge in [0.15, 0.2) is 29.5 Å². The molecule has 334 valence electrons. The van der Waals surface area contributed by atoms with Gasteiger partial charge in [-0.2, -0.15) is 0 Å². The number of hydrogen-bond acceptors (Lipinski definition) is 16. The van der Waals surface area contributed by atoms with Gasteiger partial charge in [-0.05, 0) is 23.8 Å². The first-order valence-corrected chi connectivity index (χ1v) is 20.4. The molecule has 3 heterocycles. The third kappa shape index (κ3) is 9.29. The number of carbonyl (C=O) groups is 4. The first-order chi connectivity index (χ1) is 31.3. The highest BCUT2D eigenvalue weighted by Gasteiger charge is 2.53. The molecule has 1 saturated heterocycles. The molecule has 5 aromatic carbocycles. The number of phenols is 1. The molecule has 1 aromatic heterocycles. The highest BCUT2D eigenvalue weighted by molar-refractivity contribution is 5.88. The van der Waals surface area contributed by atoms with Gasteiger partial charge in [-0.3, -0.25) is 24.0 Å². The Bertz CT molecular complexity index is 2750. The lowest BCUT2D eigenvalue weighted by atomic mass is 9.97. The van der Waals surface area contributed by atoms with Crippen LogP contribution in [0.2, 0.25) is 0 Å². The van der Waals surface area contributed by atoms with Crippen LogP contribution in [0.1, 0.15) is 44.4 Å². The van der Waals surface area contributed by atoms with Crippen molar-refractivity contribution in [3.63, 3.8) is 0 Å². The smallest absolute Gasteiger partial charge is 0.305 e. The van der Waals surface area contributed by atoms with Crippen LogP contribution in [0.4, 0.5) is 0 Å². The molecule has 5 atom stereocenters. The fourth-order valence-corrected chi connectivity index (χ4v) is 7.66. The molecule has 0 bridgehead atoms. The molecule has 0 radical (unpaired) electrons. The Morgan fingerprint density at radius 2 is 1.25 bits per heavy atom. The van der Waals surface area contributed by atoms with Crippen molar-refractivity contribution in [2.45, 2.75) is 70.8 Å². The Kier molecular flexibility index (Phi) is 12.4. The minimum atomic E-state index is -1.66. The third-order valence-corrected chi connectivity index (χ3v) is 10.4. The van der Waals surface area contributed by atoms with Crippen LogP contribution in [0.3, 0.4) is 0 Å². The molecule has 6 aromatic rings. The minimum absolute atomic E-state index is 0.0365. The molecule has 0 unspecified atom stereocenters. The zero-order valence-electron chi connectivity index (χ0n) is 35.4. The normalized spacial score (nSPS) is 19.4. The quantitative estimate of drug-likeness (QED) is 0.0928. The summed E-state index contributed by atoms with van der Waals surface area (Å²) in [5, 5.41) is 11.2. The van der Waals surface area contributed by atoms with Gasteiger partial charge in [-0.25, -0.2) is 0 Å². The summed E-state index contributed by atoms with van der Waals surface area (Å²) in [5.74, 6) is -4.84. The molecule has 2 aliphatic rings. The van der Waals surface area contributed by atoms with Crippen LogP contribution < -0.4 is 24.4 Å². The van der Waals surface area contributed by atoms with E-state index in [1.165, 1.54) is 6.07 Å². The maximum atomic E-state index is 14.5. The summed E-state index contributed by atoms with van der Waals surface area (Å²) in [6.07, 6.45) is -7.53. The number of benzene rings is 5. The molecule has 2 aliphatic heterocycles. The molecule has 0 spiro atoms. The van der Waals surface area contributed by atoms with Crippen molar-refractivity contribution in [2.75, 3.05) is 6.61 Å². The molecule has 16 nitrogen and oxygen atoms in total. The first kappa shape index (κ1) is 43.8. The standard InChI is InChI=1S/C49H42O16/c1-27(50)56-26-40-44(58-28(2)51)46(59-29(3)52)47(60-30(4)53)48(63-40)61-35-23-36(54)41-39(24-35)62-43(45(42(41)55)57-25-31-14-8-5-9-15-31)32-20-21-37-38(22-32)65-49(64-37,33-16-10-6-11-17-33)34-18-12-7-13-19-34/h5-24,40,44,46-48,54H,25-26H2,1-4H3/t40-,44-,46+,47-,48-/m1/s1. The molecular formula is C49H42O16. The van der Waals surface area contributed by atoms with Crippen molar-refractivity contribution >= 4 is 34.8 Å². The Hall–Kier alpha value is -7.85. The molecule has 0 aliphatic carbocycles. The fourth-order valence-electron chi connectivity index (χ4n) is 7.66. The van der Waals surface area contributed by atoms with Crippen molar-refractivity contribution < 1.29 is 71.3 Å². The summed E-state index contributed by atoms with van der Waals surface area (Å²) < 4.78 is 59.9. The molecule has 16 heteroatoms. The van der Waals surface area contributed by atoms with Crippen molar-refractivity contribution in [1.29, 1.82) is 0 Å². The van der Waals surface area contributed by atoms with E-state index in [9.17, 15) is 29.1 Å². The van der Waals surface area contributed by atoms with Crippen LogP contribution in [0.25, 0.3) is 22.3 Å². The van der Waals surface area contributed by atoms with Gasteiger partial charge in [0, 0.05) is 56.5 Å². The van der Waals surface area contributed by atoms with Crippen molar-refractivity contribution in [1.82, 2.24) is 0 Å². The van der Waals surface area contributed by atoms with E-state index in [1.54, 1.807) is 18.2 Å². The van der Waals surface area contributed by atoms with Gasteiger partial charge in [0.05, 0.1) is 0 Å². The lowest BCUT2D eigenvalue weighted by molar-refractivity contribution is -0.288. The predicted octanol–water partition coefficient (Wildman–Crippen LogP) is 6.88. The summed E-state index contributed by atoms with van der Waals surface area (Å²) in [6, 6.07) is 35.4. The van der Waals surface area contributed by atoms with Gasteiger partial charge in [0.25, 0.3) is 0 Å². The maximum absolute atomic E-state index is 14.5. The molecule has 0 amide bonds. The van der Waals surface area contributed by atoms with Crippen LogP contribution in [-0.4, -0.2) is 66.3 Å². The molecule has 1 fully saturated rings. The van der Waals surface area contributed by atoms with E-state index in [0.29, 0.717) is 17.1 Å². The second-order valence-corrected chi connectivity index (χ2v) is 15.1. The molecule has 0 saturated carbocycles. The van der Waals surface area contributed by atoms with Gasteiger partial charge in [-0.15, -0.1) is 0 Å². The predicted molar refractivity (Wildman–Crippen MR) is 228 cm³/mol. The number of hydrogen-bond donors (Lipinski definition) is 1. The second-order valence-electron chi connectivity index (χ2n) is 15.1. The van der Waals surface area contributed by atoms with Gasteiger partial charge < -0.3 is 52.2 Å². The van der Waals surface area contributed by atoms with Crippen LogP contribution in [-0.2, 0) is 55.3 Å². The number of fused-ring (bicyclic) bond motifs is 2. The van der Waals surface area contributed by atoms with E-state index in [0.717, 1.165) is 50.5 Å². The summed E-state index contributed by atoms with van der Waals surface area (Å²) in [5.41, 5.74) is 1.65. The fraction of sp³-hybridized carbons (Fsp3) is 0.245. The number of esters is 4. The molecule has 65 heavy (non-hydrogen) atoms. The van der Waals surface area contributed by atoms with Crippen molar-refractivity contribution in [3.05, 3.63) is 148 Å². The van der Waals surface area contributed by atoms with Crippen LogP contribution in [0.15, 0.2) is 131 Å². The summed E-state index contributed by atoms with van der Waals surface area (Å²) in [7, 11) is 0. The lowest BCUT2D eigenvalue weighted by Crippen LogP contribution is -2.63. The van der Waals surface area contributed by atoms with Gasteiger partial charge >= 0.3 is 29.7 Å². The SMILES string of the molecule is CC(=O)OC[C@H]1O[C@@H](Oc2cc(O)c3c(=O)c(OCc4ccccc4)c(-c4ccc5c(c4)OC(c4ccccc4)(c4ccccc4)O5)oc3c2)[C@H](OC(C)=O)[C@@H](OC(C)=O)[C@@H]1OC(C)=O. The van der Waals surface area contributed by atoms with E-state index in [-0.39, 0.29) is 34.8 Å². The second kappa shape index (κ2) is 18.5. The third-order valence-electron chi connectivity index (χ3n) is 10.4. The first-order valence-electron chi connectivity index (χ1n) is 20.4. The minimum Gasteiger partial charge on any atom is -0.507 e. The maximum Gasteiger partial charge on any atom is 0.305 e. The summed E-state index contributed by atoms with van der Waals surface area (Å²) in [6.45, 7) is 3.88.